The van der Waals surface area contributed by atoms with Crippen molar-refractivity contribution in [3.05, 3.63) is 23.4 Å². The molecule has 0 amide bonds. The predicted molar refractivity (Wildman–Crippen MR) is 90.9 cm³/mol. The molecule has 5 atom stereocenters. The summed E-state index contributed by atoms with van der Waals surface area (Å²) < 4.78 is 0. The molecule has 2 aliphatic heterocycles. The van der Waals surface area contributed by atoms with Crippen molar-refractivity contribution in [1.82, 2.24) is 5.32 Å². The Hall–Kier alpha value is -1.25. The Balaban J connectivity index is 1.63. The van der Waals surface area contributed by atoms with Gasteiger partial charge in [-0.15, -0.1) is 0 Å². The molecule has 0 aromatic carbocycles. The molecule has 2 saturated heterocycles. The van der Waals surface area contributed by atoms with Crippen molar-refractivity contribution in [2.24, 2.45) is 23.2 Å². The van der Waals surface area contributed by atoms with Gasteiger partial charge in [0.05, 0.1) is 5.41 Å². The Morgan fingerprint density at radius 2 is 2.26 bits per heavy atom. The van der Waals surface area contributed by atoms with Crippen LogP contribution in [-0.2, 0) is 4.79 Å². The summed E-state index contributed by atoms with van der Waals surface area (Å²) in [5, 5.41) is 13.7. The third-order valence-electron chi connectivity index (χ3n) is 7.04. The SMILES string of the molecule is CCCCCC1(C(=O)O)CC2C3=CC4=CCCCC4C2CC1N3. The third kappa shape index (κ3) is 2.27. The maximum atomic E-state index is 12.2. The minimum atomic E-state index is -0.561. The van der Waals surface area contributed by atoms with Gasteiger partial charge >= 0.3 is 5.97 Å². The summed E-state index contributed by atoms with van der Waals surface area (Å²) in [7, 11) is 0. The van der Waals surface area contributed by atoms with Gasteiger partial charge in [0.1, 0.15) is 0 Å². The fourth-order valence-electron chi connectivity index (χ4n) is 5.83. The largest absolute Gasteiger partial charge is 0.481 e. The quantitative estimate of drug-likeness (QED) is 0.745. The number of carbonyl (C=O) groups is 1. The lowest BCUT2D eigenvalue weighted by atomic mass is 9.51. The van der Waals surface area contributed by atoms with E-state index in [1.165, 1.54) is 30.5 Å². The Kier molecular flexibility index (Phi) is 3.78. The van der Waals surface area contributed by atoms with Crippen LogP contribution in [0.1, 0.15) is 64.7 Å². The van der Waals surface area contributed by atoms with Crippen molar-refractivity contribution >= 4 is 5.97 Å². The number of rotatable bonds is 5. The van der Waals surface area contributed by atoms with Gasteiger partial charge in [0.25, 0.3) is 0 Å². The van der Waals surface area contributed by atoms with Crippen molar-refractivity contribution in [1.29, 1.82) is 0 Å². The van der Waals surface area contributed by atoms with E-state index in [1.54, 1.807) is 0 Å². The fourth-order valence-corrected chi connectivity index (χ4v) is 5.83. The summed E-state index contributed by atoms with van der Waals surface area (Å²) in [5.74, 6) is 1.28. The Morgan fingerprint density at radius 3 is 3.00 bits per heavy atom. The standard InChI is InChI=1S/C20H29NO2/c1-2-3-6-9-20(19(22)23)12-16-15-11-18(20)21-17(16)10-13-7-4-5-8-14(13)15/h7,10,14-16,18,21H,2-6,8-9,11-12H2,1H3,(H,22,23). The lowest BCUT2D eigenvalue weighted by Gasteiger charge is -2.58. The maximum absolute atomic E-state index is 12.2. The average molecular weight is 315 g/mol. The van der Waals surface area contributed by atoms with Gasteiger partial charge in [-0.1, -0.05) is 32.3 Å². The number of carboxylic acid groups (broad SMARTS) is 1. The lowest BCUT2D eigenvalue weighted by molar-refractivity contribution is -0.159. The Labute approximate surface area is 139 Å². The molecule has 2 heterocycles. The van der Waals surface area contributed by atoms with Crippen molar-refractivity contribution in [3.8, 4) is 0 Å². The first kappa shape index (κ1) is 15.3. The molecule has 3 aliphatic carbocycles. The molecular formula is C20H29NO2. The maximum Gasteiger partial charge on any atom is 0.311 e. The summed E-state index contributed by atoms with van der Waals surface area (Å²) in [5.41, 5.74) is 2.36. The van der Waals surface area contributed by atoms with E-state index >= 15 is 0 Å². The molecule has 126 valence electrons. The fraction of sp³-hybridized carbons (Fsp3) is 0.750. The zero-order valence-corrected chi connectivity index (χ0v) is 14.2. The van der Waals surface area contributed by atoms with Gasteiger partial charge in [-0.2, -0.15) is 0 Å². The number of hydrogen-bond donors (Lipinski definition) is 2. The van der Waals surface area contributed by atoms with Crippen molar-refractivity contribution in [2.45, 2.75) is 70.8 Å². The van der Waals surface area contributed by atoms with Gasteiger partial charge in [0.15, 0.2) is 0 Å². The van der Waals surface area contributed by atoms with Crippen LogP contribution in [0.5, 0.6) is 0 Å². The van der Waals surface area contributed by atoms with Crippen LogP contribution < -0.4 is 5.32 Å². The summed E-state index contributed by atoms with van der Waals surface area (Å²) in [6.45, 7) is 2.19. The van der Waals surface area contributed by atoms with Gasteiger partial charge in [-0.25, -0.2) is 0 Å². The molecule has 0 radical (unpaired) electrons. The number of fused-ring (bicyclic) bond motifs is 2. The molecule has 2 N–H and O–H groups in total. The zero-order valence-electron chi connectivity index (χ0n) is 14.2. The molecule has 3 nitrogen and oxygen atoms in total. The highest BCUT2D eigenvalue weighted by Gasteiger charge is 2.59. The van der Waals surface area contributed by atoms with Crippen molar-refractivity contribution in [3.63, 3.8) is 0 Å². The first-order valence-corrected chi connectivity index (χ1v) is 9.57. The number of piperidine rings is 2. The van der Waals surface area contributed by atoms with E-state index in [0.29, 0.717) is 17.8 Å². The second-order valence-corrected chi connectivity index (χ2v) is 8.17. The van der Waals surface area contributed by atoms with Crippen LogP contribution in [0.3, 0.4) is 0 Å². The van der Waals surface area contributed by atoms with Gasteiger partial charge in [0, 0.05) is 17.7 Å². The monoisotopic (exact) mass is 315 g/mol. The van der Waals surface area contributed by atoms with Gasteiger partial charge in [0.2, 0.25) is 0 Å². The average Bonchev–Trinajstić information content (AvgIpc) is 2.55. The van der Waals surface area contributed by atoms with Crippen LogP contribution in [0.2, 0.25) is 0 Å². The minimum absolute atomic E-state index is 0.140. The molecule has 5 aliphatic rings. The first-order valence-electron chi connectivity index (χ1n) is 9.57. The molecule has 0 aromatic rings. The molecule has 5 unspecified atom stereocenters. The van der Waals surface area contributed by atoms with Crippen LogP contribution in [0.25, 0.3) is 0 Å². The lowest BCUT2D eigenvalue weighted by Crippen LogP contribution is -2.63. The van der Waals surface area contributed by atoms with E-state index in [0.717, 1.165) is 38.5 Å². The molecule has 1 saturated carbocycles. The van der Waals surface area contributed by atoms with E-state index in [4.69, 9.17) is 0 Å². The molecular weight excluding hydrogens is 286 g/mol. The van der Waals surface area contributed by atoms with Crippen LogP contribution in [0.15, 0.2) is 23.4 Å². The number of nitrogens with one attached hydrogen (secondary N) is 1. The minimum Gasteiger partial charge on any atom is -0.481 e. The number of unbranched alkanes of at least 4 members (excludes halogenated alkanes) is 2. The van der Waals surface area contributed by atoms with Gasteiger partial charge < -0.3 is 10.4 Å². The smallest absolute Gasteiger partial charge is 0.311 e. The summed E-state index contributed by atoms with van der Waals surface area (Å²) >= 11 is 0. The number of carboxylic acids is 1. The van der Waals surface area contributed by atoms with E-state index < -0.39 is 11.4 Å². The summed E-state index contributed by atoms with van der Waals surface area (Å²) in [4.78, 5) is 12.2. The van der Waals surface area contributed by atoms with Crippen LogP contribution in [0, 0.1) is 23.2 Å². The number of hydrogen-bond acceptors (Lipinski definition) is 2. The number of aliphatic carboxylic acids is 1. The van der Waals surface area contributed by atoms with Crippen LogP contribution in [-0.4, -0.2) is 17.1 Å². The molecule has 23 heavy (non-hydrogen) atoms. The van der Waals surface area contributed by atoms with E-state index in [1.807, 2.05) is 0 Å². The van der Waals surface area contributed by atoms with Crippen LogP contribution in [0.4, 0.5) is 0 Å². The zero-order chi connectivity index (χ0) is 16.0. The third-order valence-corrected chi connectivity index (χ3v) is 7.04. The van der Waals surface area contributed by atoms with Gasteiger partial charge in [-0.05, 0) is 62.0 Å². The second kappa shape index (κ2) is 5.68. The van der Waals surface area contributed by atoms with E-state index in [9.17, 15) is 9.90 Å². The normalized spacial score (nSPS) is 40.7. The highest BCUT2D eigenvalue weighted by molar-refractivity contribution is 5.76. The predicted octanol–water partition coefficient (Wildman–Crippen LogP) is 4.26. The molecule has 0 spiro atoms. The first-order chi connectivity index (χ1) is 11.2. The molecule has 5 rings (SSSR count). The number of allylic oxidation sites excluding steroid dienone is 4. The van der Waals surface area contributed by atoms with Crippen molar-refractivity contribution in [2.75, 3.05) is 0 Å². The molecule has 4 bridgehead atoms. The topological polar surface area (TPSA) is 49.3 Å². The van der Waals surface area contributed by atoms with Gasteiger partial charge in [-0.3, -0.25) is 4.79 Å². The van der Waals surface area contributed by atoms with E-state index in [2.05, 4.69) is 24.4 Å². The van der Waals surface area contributed by atoms with Crippen LogP contribution >= 0.6 is 0 Å². The van der Waals surface area contributed by atoms with E-state index in [-0.39, 0.29) is 6.04 Å². The molecule has 0 aromatic heterocycles. The Morgan fingerprint density at radius 1 is 1.39 bits per heavy atom. The summed E-state index contributed by atoms with van der Waals surface area (Å²) in [6.07, 6.45) is 14.7. The Bertz CT molecular complexity index is 564. The van der Waals surface area contributed by atoms with Crippen molar-refractivity contribution < 1.29 is 9.90 Å². The summed E-state index contributed by atoms with van der Waals surface area (Å²) in [6, 6.07) is 0.140. The molecule has 3 fully saturated rings. The highest BCUT2D eigenvalue weighted by Crippen LogP contribution is 2.58. The highest BCUT2D eigenvalue weighted by atomic mass is 16.4. The second-order valence-electron chi connectivity index (χ2n) is 8.17. The molecule has 3 heteroatoms.